The summed E-state index contributed by atoms with van der Waals surface area (Å²) >= 11 is 11.6. The van der Waals surface area contributed by atoms with Gasteiger partial charge in [-0.3, -0.25) is 4.79 Å². The third-order valence-electron chi connectivity index (χ3n) is 2.18. The van der Waals surface area contributed by atoms with Gasteiger partial charge in [-0.25, -0.2) is 4.79 Å². The quantitative estimate of drug-likeness (QED) is 0.819. The van der Waals surface area contributed by atoms with E-state index in [2.05, 4.69) is 11.9 Å². The molecule has 0 radical (unpaired) electrons. The Morgan fingerprint density at radius 3 is 2.67 bits per heavy atom. The summed E-state index contributed by atoms with van der Waals surface area (Å²) in [4.78, 5) is 22.7. The van der Waals surface area contributed by atoms with Crippen LogP contribution in [0.15, 0.2) is 30.9 Å². The third kappa shape index (κ3) is 3.75. The second-order valence-electron chi connectivity index (χ2n) is 3.51. The fraction of sp³-hybridized carbons (Fsp3) is 0.167. The fourth-order valence-corrected chi connectivity index (χ4v) is 1.67. The molecular weight excluding hydrogens is 277 g/mol. The molecule has 0 bridgehead atoms. The molecule has 0 aliphatic rings. The minimum atomic E-state index is -1.14. The Morgan fingerprint density at radius 2 is 2.11 bits per heavy atom. The van der Waals surface area contributed by atoms with E-state index in [4.69, 9.17) is 28.3 Å². The molecule has 1 unspecified atom stereocenters. The molecule has 0 aliphatic carbocycles. The second-order valence-corrected chi connectivity index (χ2v) is 4.36. The van der Waals surface area contributed by atoms with Crippen LogP contribution in [0.25, 0.3) is 0 Å². The zero-order chi connectivity index (χ0) is 13.7. The van der Waals surface area contributed by atoms with Gasteiger partial charge in [-0.2, -0.15) is 0 Å². The van der Waals surface area contributed by atoms with Crippen LogP contribution in [0.1, 0.15) is 16.8 Å². The van der Waals surface area contributed by atoms with Crippen LogP contribution in [0, 0.1) is 0 Å². The van der Waals surface area contributed by atoms with E-state index in [1.54, 1.807) is 6.07 Å². The zero-order valence-electron chi connectivity index (χ0n) is 9.32. The summed E-state index contributed by atoms with van der Waals surface area (Å²) in [7, 11) is 0. The first-order valence-electron chi connectivity index (χ1n) is 5.05. The van der Waals surface area contributed by atoms with Gasteiger partial charge in [-0.05, 0) is 24.6 Å². The van der Waals surface area contributed by atoms with Crippen LogP contribution in [0.3, 0.4) is 0 Å². The van der Waals surface area contributed by atoms with Crippen molar-refractivity contribution >= 4 is 35.1 Å². The van der Waals surface area contributed by atoms with Crippen LogP contribution in [0.4, 0.5) is 0 Å². The normalized spacial score (nSPS) is 11.7. The van der Waals surface area contributed by atoms with Gasteiger partial charge >= 0.3 is 5.97 Å². The number of rotatable bonds is 5. The molecule has 1 aromatic carbocycles. The van der Waals surface area contributed by atoms with Crippen LogP contribution in [-0.4, -0.2) is 23.0 Å². The zero-order valence-corrected chi connectivity index (χ0v) is 10.8. The number of carboxylic acids is 1. The maximum atomic E-state index is 11.9. The Kier molecular flexibility index (Phi) is 5.19. The van der Waals surface area contributed by atoms with Crippen molar-refractivity contribution in [2.24, 2.45) is 0 Å². The summed E-state index contributed by atoms with van der Waals surface area (Å²) < 4.78 is 0. The highest BCUT2D eigenvalue weighted by molar-refractivity contribution is 6.35. The molecule has 4 nitrogen and oxygen atoms in total. The number of carboxylic acid groups (broad SMARTS) is 1. The SMILES string of the molecule is C=CCC(NC(=O)c1cc(Cl)ccc1Cl)C(=O)O. The van der Waals surface area contributed by atoms with E-state index in [0.717, 1.165) is 0 Å². The molecule has 2 N–H and O–H groups in total. The number of carbonyl (C=O) groups excluding carboxylic acids is 1. The lowest BCUT2D eigenvalue weighted by atomic mass is 10.1. The lowest BCUT2D eigenvalue weighted by Gasteiger charge is -2.13. The Bertz CT molecular complexity index is 488. The van der Waals surface area contributed by atoms with Crippen molar-refractivity contribution in [3.63, 3.8) is 0 Å². The number of amides is 1. The summed E-state index contributed by atoms with van der Waals surface area (Å²) in [5.41, 5.74) is 0.138. The highest BCUT2D eigenvalue weighted by Gasteiger charge is 2.20. The first-order valence-corrected chi connectivity index (χ1v) is 5.81. The maximum Gasteiger partial charge on any atom is 0.326 e. The lowest BCUT2D eigenvalue weighted by Crippen LogP contribution is -2.40. The van der Waals surface area contributed by atoms with Crippen LogP contribution < -0.4 is 5.32 Å². The van der Waals surface area contributed by atoms with Gasteiger partial charge in [0.2, 0.25) is 0 Å². The summed E-state index contributed by atoms with van der Waals surface area (Å²) in [6.45, 7) is 3.43. The predicted molar refractivity (Wildman–Crippen MR) is 70.2 cm³/mol. The van der Waals surface area contributed by atoms with Crippen molar-refractivity contribution in [3.05, 3.63) is 46.5 Å². The van der Waals surface area contributed by atoms with Crippen molar-refractivity contribution in [2.45, 2.75) is 12.5 Å². The smallest absolute Gasteiger partial charge is 0.326 e. The van der Waals surface area contributed by atoms with Crippen LogP contribution in [0.2, 0.25) is 10.0 Å². The topological polar surface area (TPSA) is 66.4 Å². The number of nitrogens with one attached hydrogen (secondary N) is 1. The van der Waals surface area contributed by atoms with E-state index >= 15 is 0 Å². The average molecular weight is 288 g/mol. The van der Waals surface area contributed by atoms with Gasteiger partial charge in [0.15, 0.2) is 0 Å². The van der Waals surface area contributed by atoms with E-state index in [0.29, 0.717) is 5.02 Å². The highest BCUT2D eigenvalue weighted by atomic mass is 35.5. The Balaban J connectivity index is 2.89. The lowest BCUT2D eigenvalue weighted by molar-refractivity contribution is -0.139. The van der Waals surface area contributed by atoms with Gasteiger partial charge in [-0.1, -0.05) is 29.3 Å². The van der Waals surface area contributed by atoms with Crippen molar-refractivity contribution in [1.82, 2.24) is 5.32 Å². The standard InChI is InChI=1S/C12H11Cl2NO3/c1-2-3-10(12(17)18)15-11(16)8-6-7(13)4-5-9(8)14/h2,4-6,10H,1,3H2,(H,15,16)(H,17,18). The molecule has 0 heterocycles. The molecule has 1 amide bonds. The number of halogens is 2. The van der Waals surface area contributed by atoms with E-state index in [-0.39, 0.29) is 17.0 Å². The van der Waals surface area contributed by atoms with Crippen LogP contribution >= 0.6 is 23.2 Å². The predicted octanol–water partition coefficient (Wildman–Crippen LogP) is 2.75. The molecular formula is C12H11Cl2NO3. The van der Waals surface area contributed by atoms with E-state index in [1.165, 1.54) is 18.2 Å². The van der Waals surface area contributed by atoms with Crippen molar-refractivity contribution in [2.75, 3.05) is 0 Å². The first kappa shape index (κ1) is 14.5. The molecule has 0 aliphatic heterocycles. The van der Waals surface area contributed by atoms with Gasteiger partial charge in [0.1, 0.15) is 6.04 Å². The Morgan fingerprint density at radius 1 is 1.44 bits per heavy atom. The number of hydrogen-bond acceptors (Lipinski definition) is 2. The largest absolute Gasteiger partial charge is 0.480 e. The molecule has 0 fully saturated rings. The summed E-state index contributed by atoms with van der Waals surface area (Å²) in [6, 6.07) is 3.36. The number of benzene rings is 1. The molecule has 1 aromatic rings. The van der Waals surface area contributed by atoms with E-state index < -0.39 is 17.9 Å². The molecule has 1 atom stereocenters. The number of hydrogen-bond donors (Lipinski definition) is 2. The maximum absolute atomic E-state index is 11.9. The highest BCUT2D eigenvalue weighted by Crippen LogP contribution is 2.20. The first-order chi connectivity index (χ1) is 8.45. The van der Waals surface area contributed by atoms with Crippen molar-refractivity contribution < 1.29 is 14.7 Å². The minimum absolute atomic E-state index is 0.124. The summed E-state index contributed by atoms with van der Waals surface area (Å²) in [5, 5.41) is 11.8. The van der Waals surface area contributed by atoms with Crippen LogP contribution in [-0.2, 0) is 4.79 Å². The van der Waals surface area contributed by atoms with Gasteiger partial charge < -0.3 is 10.4 Å². The van der Waals surface area contributed by atoms with E-state index in [1.807, 2.05) is 0 Å². The number of aliphatic carboxylic acids is 1. The summed E-state index contributed by atoms with van der Waals surface area (Å²) in [5.74, 6) is -1.72. The average Bonchev–Trinajstić information content (AvgIpc) is 2.31. The van der Waals surface area contributed by atoms with Crippen molar-refractivity contribution in [3.8, 4) is 0 Å². The summed E-state index contributed by atoms with van der Waals surface area (Å²) in [6.07, 6.45) is 1.54. The number of carbonyl (C=O) groups is 2. The van der Waals surface area contributed by atoms with Gasteiger partial charge in [0.25, 0.3) is 5.91 Å². The molecule has 96 valence electrons. The third-order valence-corrected chi connectivity index (χ3v) is 2.74. The van der Waals surface area contributed by atoms with Gasteiger partial charge in [0, 0.05) is 5.02 Å². The molecule has 1 rings (SSSR count). The molecule has 0 aromatic heterocycles. The molecule has 18 heavy (non-hydrogen) atoms. The van der Waals surface area contributed by atoms with Crippen LogP contribution in [0.5, 0.6) is 0 Å². The second kappa shape index (κ2) is 6.42. The molecule has 0 saturated heterocycles. The van der Waals surface area contributed by atoms with E-state index in [9.17, 15) is 9.59 Å². The molecule has 0 saturated carbocycles. The monoisotopic (exact) mass is 287 g/mol. The Labute approximate surface area is 114 Å². The Hall–Kier alpha value is -1.52. The minimum Gasteiger partial charge on any atom is -0.480 e. The van der Waals surface area contributed by atoms with Gasteiger partial charge in [0.05, 0.1) is 10.6 Å². The fourth-order valence-electron chi connectivity index (χ4n) is 1.30. The molecule has 0 spiro atoms. The van der Waals surface area contributed by atoms with Gasteiger partial charge in [-0.15, -0.1) is 6.58 Å². The molecule has 6 heteroatoms. The van der Waals surface area contributed by atoms with Crippen molar-refractivity contribution in [1.29, 1.82) is 0 Å².